The number of nitrogens with zero attached hydrogens (tertiary/aromatic N) is 2. The lowest BCUT2D eigenvalue weighted by Crippen LogP contribution is -2.37. The van der Waals surface area contributed by atoms with Crippen LogP contribution in [0.15, 0.2) is 35.2 Å². The number of nitrogens with one attached hydrogen (secondary N) is 1. The first-order valence-corrected chi connectivity index (χ1v) is 12.5. The molecule has 1 fully saturated rings. The first-order valence-electron chi connectivity index (χ1n) is 11.0. The second-order valence-corrected chi connectivity index (χ2v) is 11.0. The van der Waals surface area contributed by atoms with Crippen LogP contribution in [0.25, 0.3) is 0 Å². The molecule has 1 N–H and O–H groups in total. The number of aromatic nitrogens is 1. The van der Waals surface area contributed by atoms with Crippen molar-refractivity contribution in [2.75, 3.05) is 37.6 Å². The molecular formula is C23H32F3N3O3S. The molecule has 1 aromatic carbocycles. The quantitative estimate of drug-likeness (QED) is 0.618. The van der Waals surface area contributed by atoms with Crippen LogP contribution in [0.3, 0.4) is 0 Å². The van der Waals surface area contributed by atoms with Gasteiger partial charge in [0.05, 0.1) is 18.8 Å². The molecule has 33 heavy (non-hydrogen) atoms. The van der Waals surface area contributed by atoms with Gasteiger partial charge in [0.2, 0.25) is 0 Å². The molecule has 1 aromatic heterocycles. The molecule has 2 aromatic rings. The van der Waals surface area contributed by atoms with Crippen molar-refractivity contribution >= 4 is 15.7 Å². The summed E-state index contributed by atoms with van der Waals surface area (Å²) in [4.78, 5) is 2.41. The van der Waals surface area contributed by atoms with E-state index in [1.165, 1.54) is 12.1 Å². The molecule has 10 heteroatoms. The zero-order valence-electron chi connectivity index (χ0n) is 19.5. The first kappa shape index (κ1) is 25.6. The van der Waals surface area contributed by atoms with Crippen LogP contribution >= 0.6 is 0 Å². The standard InChI is InChI=1S/C23H32F3N3O3S/c1-17-20(33(30,31)27-19-8-5-7-18(15-19)23(24,25)26)16-21(22(2,3)4)29(17)10-6-9-28-11-13-32-14-12-28/h5,7-8,15-16,27H,6,9-14H2,1-4H3. The molecule has 3 rings (SSSR count). The molecule has 0 amide bonds. The van der Waals surface area contributed by atoms with Gasteiger partial charge in [-0.3, -0.25) is 9.62 Å². The van der Waals surface area contributed by atoms with Crippen LogP contribution in [0, 0.1) is 6.92 Å². The van der Waals surface area contributed by atoms with Crippen LogP contribution in [0.5, 0.6) is 0 Å². The van der Waals surface area contributed by atoms with Crippen LogP contribution in [-0.4, -0.2) is 50.7 Å². The van der Waals surface area contributed by atoms with Crippen molar-refractivity contribution in [2.24, 2.45) is 0 Å². The Morgan fingerprint density at radius 1 is 1.06 bits per heavy atom. The van der Waals surface area contributed by atoms with E-state index in [0.717, 1.165) is 57.1 Å². The van der Waals surface area contributed by atoms with Gasteiger partial charge in [-0.25, -0.2) is 8.42 Å². The van der Waals surface area contributed by atoms with Crippen molar-refractivity contribution in [3.05, 3.63) is 47.3 Å². The highest BCUT2D eigenvalue weighted by Gasteiger charge is 2.32. The maximum atomic E-state index is 13.2. The summed E-state index contributed by atoms with van der Waals surface area (Å²) in [6.07, 6.45) is -3.71. The van der Waals surface area contributed by atoms with Crippen molar-refractivity contribution in [2.45, 2.75) is 57.1 Å². The molecule has 0 saturated carbocycles. The zero-order chi connectivity index (χ0) is 24.4. The number of hydrogen-bond donors (Lipinski definition) is 1. The summed E-state index contributed by atoms with van der Waals surface area (Å²) < 4.78 is 75.2. The third-order valence-electron chi connectivity index (χ3n) is 5.78. The number of halogens is 3. The van der Waals surface area contributed by atoms with Gasteiger partial charge in [0.25, 0.3) is 10.0 Å². The highest BCUT2D eigenvalue weighted by Crippen LogP contribution is 2.33. The molecule has 1 aliphatic heterocycles. The SMILES string of the molecule is Cc1c(S(=O)(=O)Nc2cccc(C(F)(F)F)c2)cc(C(C)(C)C)n1CCCN1CCOCC1. The van der Waals surface area contributed by atoms with Gasteiger partial charge in [-0.05, 0) is 37.6 Å². The van der Waals surface area contributed by atoms with E-state index in [4.69, 9.17) is 4.74 Å². The predicted molar refractivity (Wildman–Crippen MR) is 122 cm³/mol. The lowest BCUT2D eigenvalue weighted by Gasteiger charge is -2.27. The highest BCUT2D eigenvalue weighted by atomic mass is 32.2. The molecule has 6 nitrogen and oxygen atoms in total. The summed E-state index contributed by atoms with van der Waals surface area (Å²) in [5, 5.41) is 0. The van der Waals surface area contributed by atoms with Gasteiger partial charge >= 0.3 is 6.18 Å². The molecule has 184 valence electrons. The molecule has 0 spiro atoms. The summed E-state index contributed by atoms with van der Waals surface area (Å²) in [5.74, 6) is 0. The largest absolute Gasteiger partial charge is 0.416 e. The number of anilines is 1. The number of rotatable bonds is 7. The Bertz CT molecular complexity index is 1070. The van der Waals surface area contributed by atoms with Crippen molar-refractivity contribution < 1.29 is 26.3 Å². The predicted octanol–water partition coefficient (Wildman–Crippen LogP) is 4.64. The number of benzene rings is 1. The van der Waals surface area contributed by atoms with Gasteiger partial charge in [-0.1, -0.05) is 26.8 Å². The van der Waals surface area contributed by atoms with E-state index < -0.39 is 21.8 Å². The van der Waals surface area contributed by atoms with Gasteiger partial charge in [0.1, 0.15) is 4.90 Å². The van der Waals surface area contributed by atoms with E-state index in [0.29, 0.717) is 12.2 Å². The third-order valence-corrected chi connectivity index (χ3v) is 7.28. The molecule has 0 atom stereocenters. The second-order valence-electron chi connectivity index (χ2n) is 9.37. The lowest BCUT2D eigenvalue weighted by molar-refractivity contribution is -0.137. The molecule has 1 saturated heterocycles. The van der Waals surface area contributed by atoms with E-state index in [9.17, 15) is 21.6 Å². The normalized spacial score (nSPS) is 16.2. The molecule has 1 aliphatic rings. The van der Waals surface area contributed by atoms with Gasteiger partial charge in [-0.15, -0.1) is 0 Å². The van der Waals surface area contributed by atoms with E-state index in [2.05, 4.69) is 9.62 Å². The van der Waals surface area contributed by atoms with Crippen LogP contribution in [0.1, 0.15) is 44.1 Å². The fraction of sp³-hybridized carbons (Fsp3) is 0.565. The summed E-state index contributed by atoms with van der Waals surface area (Å²) in [7, 11) is -4.08. The molecule has 2 heterocycles. The number of sulfonamides is 1. The van der Waals surface area contributed by atoms with Crippen molar-refractivity contribution in [1.29, 1.82) is 0 Å². The van der Waals surface area contributed by atoms with E-state index in [1.54, 1.807) is 13.0 Å². The Kier molecular flexibility index (Phi) is 7.50. The van der Waals surface area contributed by atoms with E-state index in [-0.39, 0.29) is 16.0 Å². The molecule has 0 aliphatic carbocycles. The van der Waals surface area contributed by atoms with Gasteiger partial charge in [0.15, 0.2) is 0 Å². The Balaban J connectivity index is 1.86. The second kappa shape index (κ2) is 9.68. The Morgan fingerprint density at radius 3 is 2.33 bits per heavy atom. The van der Waals surface area contributed by atoms with Gasteiger partial charge in [-0.2, -0.15) is 13.2 Å². The fourth-order valence-corrected chi connectivity index (χ4v) is 5.36. The third kappa shape index (κ3) is 6.30. The van der Waals surface area contributed by atoms with Gasteiger partial charge < -0.3 is 9.30 Å². The summed E-state index contributed by atoms with van der Waals surface area (Å²) in [6.45, 7) is 12.5. The molecule has 0 bridgehead atoms. The Morgan fingerprint density at radius 2 is 1.73 bits per heavy atom. The summed E-state index contributed by atoms with van der Waals surface area (Å²) >= 11 is 0. The topological polar surface area (TPSA) is 63.6 Å². The van der Waals surface area contributed by atoms with Crippen LogP contribution < -0.4 is 4.72 Å². The fourth-order valence-electron chi connectivity index (χ4n) is 4.05. The number of hydrogen-bond acceptors (Lipinski definition) is 4. The molecule has 0 unspecified atom stereocenters. The average Bonchev–Trinajstić information content (AvgIpc) is 3.06. The van der Waals surface area contributed by atoms with E-state index in [1.807, 2.05) is 25.3 Å². The minimum absolute atomic E-state index is 0.0798. The lowest BCUT2D eigenvalue weighted by atomic mass is 9.92. The maximum absolute atomic E-state index is 13.2. The number of morpholine rings is 1. The Labute approximate surface area is 193 Å². The molecule has 0 radical (unpaired) electrons. The Hall–Kier alpha value is -2.04. The number of ether oxygens (including phenoxy) is 1. The average molecular weight is 488 g/mol. The summed E-state index contributed by atoms with van der Waals surface area (Å²) in [6, 6.07) is 5.85. The smallest absolute Gasteiger partial charge is 0.379 e. The van der Waals surface area contributed by atoms with Crippen LogP contribution in [0.4, 0.5) is 18.9 Å². The van der Waals surface area contributed by atoms with Gasteiger partial charge in [0, 0.05) is 48.7 Å². The van der Waals surface area contributed by atoms with Crippen molar-refractivity contribution in [3.63, 3.8) is 0 Å². The van der Waals surface area contributed by atoms with E-state index >= 15 is 0 Å². The monoisotopic (exact) mass is 487 g/mol. The van der Waals surface area contributed by atoms with Crippen molar-refractivity contribution in [1.82, 2.24) is 9.47 Å². The minimum Gasteiger partial charge on any atom is -0.379 e. The van der Waals surface area contributed by atoms with Crippen LogP contribution in [-0.2, 0) is 32.9 Å². The summed E-state index contributed by atoms with van der Waals surface area (Å²) in [5.41, 5.74) is 0.0955. The van der Waals surface area contributed by atoms with Crippen molar-refractivity contribution in [3.8, 4) is 0 Å². The first-order chi connectivity index (χ1) is 15.3. The zero-order valence-corrected chi connectivity index (χ0v) is 20.3. The van der Waals surface area contributed by atoms with Crippen LogP contribution in [0.2, 0.25) is 0 Å². The highest BCUT2D eigenvalue weighted by molar-refractivity contribution is 7.92. The molecular weight excluding hydrogens is 455 g/mol. The maximum Gasteiger partial charge on any atom is 0.416 e. The number of alkyl halides is 3. The minimum atomic E-state index is -4.55.